The molecule has 4 aromatic rings. The molecule has 2 amide bonds. The molecular weight excluding hydrogens is 637 g/mol. The van der Waals surface area contributed by atoms with E-state index in [2.05, 4.69) is 79.1 Å². The molecule has 49 heavy (non-hydrogen) atoms. The highest BCUT2D eigenvalue weighted by Crippen LogP contribution is 2.41. The number of hydrogen-bond acceptors (Lipinski definition) is 7. The Labute approximate surface area is 294 Å². The first-order valence-electron chi connectivity index (χ1n) is 17.1. The summed E-state index contributed by atoms with van der Waals surface area (Å²) in [6, 6.07) is 15.9. The summed E-state index contributed by atoms with van der Waals surface area (Å²) in [6.45, 7) is 8.66. The van der Waals surface area contributed by atoms with Crippen molar-refractivity contribution in [2.24, 2.45) is 12.5 Å². The Hall–Kier alpha value is -4.15. The number of rotatable bonds is 5. The molecule has 0 saturated carbocycles. The fourth-order valence-corrected chi connectivity index (χ4v) is 6.72. The van der Waals surface area contributed by atoms with E-state index in [1.54, 1.807) is 20.2 Å². The summed E-state index contributed by atoms with van der Waals surface area (Å²) in [4.78, 5) is 44.0. The molecule has 4 bridgehead atoms. The molecule has 1 aliphatic heterocycles. The monoisotopic (exact) mass is 684 g/mol. The molecule has 260 valence electrons. The summed E-state index contributed by atoms with van der Waals surface area (Å²) in [5, 5.41) is 6.93. The minimum absolute atomic E-state index is 0.184. The molecule has 2 unspecified atom stereocenters. The maximum atomic E-state index is 13.2. The topological polar surface area (TPSA) is 112 Å². The van der Waals surface area contributed by atoms with Gasteiger partial charge in [-0.3, -0.25) is 19.4 Å². The van der Waals surface area contributed by atoms with Crippen molar-refractivity contribution >= 4 is 41.3 Å². The number of aryl methyl sites for hydroxylation is 1. The van der Waals surface area contributed by atoms with Gasteiger partial charge in [0.05, 0.1) is 24.1 Å². The van der Waals surface area contributed by atoms with E-state index in [9.17, 15) is 14.4 Å². The molecule has 2 atom stereocenters. The molecule has 2 aromatic heterocycles. The van der Waals surface area contributed by atoms with Gasteiger partial charge in [-0.25, -0.2) is 0 Å². The lowest BCUT2D eigenvalue weighted by atomic mass is 9.84. The lowest BCUT2D eigenvalue weighted by molar-refractivity contribution is -0.146. The molecule has 1 aliphatic rings. The Balaban J connectivity index is 1.68. The highest BCUT2D eigenvalue weighted by atomic mass is 32.1. The minimum Gasteiger partial charge on any atom is -0.465 e. The predicted octanol–water partition coefficient (Wildman–Crippen LogP) is 6.75. The number of fused-ring (bicyclic) bond motifs is 4. The van der Waals surface area contributed by atoms with Crippen LogP contribution in [-0.2, 0) is 43.7 Å². The average molecular weight is 685 g/mol. The van der Waals surface area contributed by atoms with Gasteiger partial charge < -0.3 is 24.7 Å². The Bertz CT molecular complexity index is 1850. The maximum absolute atomic E-state index is 13.2. The highest BCUT2D eigenvalue weighted by Gasteiger charge is 2.29. The van der Waals surface area contributed by atoms with Gasteiger partial charge in [-0.1, -0.05) is 51.1 Å². The highest BCUT2D eigenvalue weighted by molar-refractivity contribution is 7.80. The number of thiol groups is 1. The summed E-state index contributed by atoms with van der Waals surface area (Å²) in [5.41, 5.74) is 7.54. The van der Waals surface area contributed by atoms with Crippen LogP contribution in [0.25, 0.3) is 33.3 Å². The zero-order chi connectivity index (χ0) is 35.3. The molecule has 2 aromatic carbocycles. The van der Waals surface area contributed by atoms with Crippen LogP contribution in [0.4, 0.5) is 0 Å². The molecule has 3 heterocycles. The van der Waals surface area contributed by atoms with Gasteiger partial charge in [0, 0.05) is 72.9 Å². The lowest BCUT2D eigenvalue weighted by Crippen LogP contribution is -2.48. The van der Waals surface area contributed by atoms with Crippen LogP contribution in [0, 0.1) is 5.41 Å². The number of carbonyl (C=O) groups excluding carboxylic acids is 3. The van der Waals surface area contributed by atoms with Crippen molar-refractivity contribution < 1.29 is 23.9 Å². The first-order chi connectivity index (χ1) is 23.4. The smallest absolute Gasteiger partial charge is 0.305 e. The summed E-state index contributed by atoms with van der Waals surface area (Å²) in [5.74, 6) is -0.685. The lowest BCUT2D eigenvalue weighted by Gasteiger charge is -2.26. The number of cyclic esters (lactones) is 1. The van der Waals surface area contributed by atoms with E-state index in [1.807, 2.05) is 25.1 Å². The van der Waals surface area contributed by atoms with Crippen molar-refractivity contribution in [1.82, 2.24) is 20.2 Å². The van der Waals surface area contributed by atoms with Crippen LogP contribution in [-0.4, -0.2) is 53.6 Å². The number of benzene rings is 2. The molecule has 0 spiro atoms. The fourth-order valence-electron chi connectivity index (χ4n) is 6.54. The number of methoxy groups -OCH3 is 1. The molecule has 0 saturated heterocycles. The van der Waals surface area contributed by atoms with Gasteiger partial charge in [0.1, 0.15) is 6.04 Å². The SMILES string of the molecule is CCC(=O)NC1Cc2cccc(c2)-c2ccc3c(c2)c(c(-c2cc(S)cnc2C(C)OC)n3C)CC(C)(C)COC(=O)CCCCNC1=O. The summed E-state index contributed by atoms with van der Waals surface area (Å²) in [6.07, 6.45) is 4.23. The first-order valence-corrected chi connectivity index (χ1v) is 17.5. The number of ether oxygens (including phenoxy) is 2. The van der Waals surface area contributed by atoms with Crippen molar-refractivity contribution in [3.8, 4) is 22.4 Å². The van der Waals surface area contributed by atoms with Crippen LogP contribution >= 0.6 is 12.6 Å². The summed E-state index contributed by atoms with van der Waals surface area (Å²) < 4.78 is 13.8. The number of pyridine rings is 1. The Kier molecular flexibility index (Phi) is 11.5. The molecule has 9 nitrogen and oxygen atoms in total. The van der Waals surface area contributed by atoms with E-state index in [1.165, 1.54) is 0 Å². The average Bonchev–Trinajstić information content (AvgIpc) is 3.35. The summed E-state index contributed by atoms with van der Waals surface area (Å²) >= 11 is 4.67. The van der Waals surface area contributed by atoms with E-state index >= 15 is 0 Å². The van der Waals surface area contributed by atoms with Crippen molar-refractivity contribution in [2.75, 3.05) is 20.3 Å². The van der Waals surface area contributed by atoms with E-state index in [0.29, 0.717) is 32.2 Å². The van der Waals surface area contributed by atoms with E-state index in [-0.39, 0.29) is 48.8 Å². The molecule has 5 rings (SSSR count). The van der Waals surface area contributed by atoms with Crippen molar-refractivity contribution in [2.45, 2.75) is 83.3 Å². The third-order valence-electron chi connectivity index (χ3n) is 9.26. The van der Waals surface area contributed by atoms with Crippen molar-refractivity contribution in [3.05, 3.63) is 71.5 Å². The van der Waals surface area contributed by atoms with Gasteiger partial charge in [0.25, 0.3) is 0 Å². The second-order valence-electron chi connectivity index (χ2n) is 13.8. The molecular formula is C39H48N4O5S. The number of amides is 2. The Morgan fingerprint density at radius 3 is 2.69 bits per heavy atom. The van der Waals surface area contributed by atoms with Crippen molar-refractivity contribution in [3.63, 3.8) is 0 Å². The molecule has 0 aliphatic carbocycles. The molecule has 10 heteroatoms. The van der Waals surface area contributed by atoms with Crippen LogP contribution in [0.3, 0.4) is 0 Å². The van der Waals surface area contributed by atoms with E-state index in [4.69, 9.17) is 14.5 Å². The second kappa shape index (κ2) is 15.6. The van der Waals surface area contributed by atoms with Crippen LogP contribution in [0.5, 0.6) is 0 Å². The standard InChI is InChI=1S/C39H48N4O5S/c1-7-34(44)42-32-18-25-11-10-12-26(17-25)27-14-15-33-29(19-27)31(21-39(3,4)23-48-35(45)13-8-9-16-40-38(32)46)37(43(33)5)30-20-28(49)22-41-36(30)24(2)47-6/h10-12,14-15,17,19-20,22,24,32,49H,7-9,13,16,18,21,23H2,1-6H3,(H,40,46)(H,42,44). The first kappa shape index (κ1) is 36.1. The largest absolute Gasteiger partial charge is 0.465 e. The minimum atomic E-state index is -0.717. The zero-order valence-corrected chi connectivity index (χ0v) is 30.3. The van der Waals surface area contributed by atoms with Gasteiger partial charge in [-0.2, -0.15) is 0 Å². The van der Waals surface area contributed by atoms with Gasteiger partial charge in [-0.05, 0) is 66.6 Å². The molecule has 2 N–H and O–H groups in total. The van der Waals surface area contributed by atoms with Gasteiger partial charge in [0.2, 0.25) is 11.8 Å². The number of nitrogens with zero attached hydrogens (tertiary/aromatic N) is 2. The zero-order valence-electron chi connectivity index (χ0n) is 29.4. The third-order valence-corrected chi connectivity index (χ3v) is 9.51. The number of nitrogens with one attached hydrogen (secondary N) is 2. The number of hydrogen-bond donors (Lipinski definition) is 3. The van der Waals surface area contributed by atoms with Gasteiger partial charge in [-0.15, -0.1) is 12.6 Å². The predicted molar refractivity (Wildman–Crippen MR) is 195 cm³/mol. The molecule has 0 radical (unpaired) electrons. The Morgan fingerprint density at radius 1 is 1.16 bits per heavy atom. The van der Waals surface area contributed by atoms with Crippen LogP contribution in [0.2, 0.25) is 0 Å². The van der Waals surface area contributed by atoms with Crippen LogP contribution in [0.1, 0.15) is 76.3 Å². The van der Waals surface area contributed by atoms with Gasteiger partial charge in [0.15, 0.2) is 0 Å². The number of carbonyl (C=O) groups is 3. The summed E-state index contributed by atoms with van der Waals surface area (Å²) in [7, 11) is 3.75. The van der Waals surface area contributed by atoms with Crippen LogP contribution in [0.15, 0.2) is 59.6 Å². The maximum Gasteiger partial charge on any atom is 0.305 e. The van der Waals surface area contributed by atoms with E-state index in [0.717, 1.165) is 55.0 Å². The van der Waals surface area contributed by atoms with E-state index < -0.39 is 6.04 Å². The number of aromatic nitrogens is 2. The quantitative estimate of drug-likeness (QED) is 0.158. The van der Waals surface area contributed by atoms with Crippen molar-refractivity contribution in [1.29, 1.82) is 0 Å². The van der Waals surface area contributed by atoms with Gasteiger partial charge >= 0.3 is 5.97 Å². The Morgan fingerprint density at radius 2 is 1.94 bits per heavy atom. The normalized spacial score (nSPS) is 18.1. The number of esters is 1. The fraction of sp³-hybridized carbons (Fsp3) is 0.436. The second-order valence-corrected chi connectivity index (χ2v) is 14.3. The third kappa shape index (κ3) is 8.54. The van der Waals surface area contributed by atoms with Crippen LogP contribution < -0.4 is 10.6 Å². The molecule has 0 fully saturated rings.